The van der Waals surface area contributed by atoms with Crippen molar-refractivity contribution in [3.8, 4) is 0 Å². The van der Waals surface area contributed by atoms with E-state index < -0.39 is 9.84 Å². The molecule has 1 aliphatic heterocycles. The third kappa shape index (κ3) is 4.17. The van der Waals surface area contributed by atoms with Crippen molar-refractivity contribution >= 4 is 36.2 Å². The molecule has 3 aliphatic rings. The second-order valence-electron chi connectivity index (χ2n) is 9.72. The Morgan fingerprint density at radius 1 is 1.12 bits per heavy atom. The largest absolute Gasteiger partial charge is 0.326 e. The Morgan fingerprint density at radius 3 is 2.47 bits per heavy atom. The predicted molar refractivity (Wildman–Crippen MR) is 129 cm³/mol. The van der Waals surface area contributed by atoms with Crippen molar-refractivity contribution < 1.29 is 13.2 Å². The zero-order chi connectivity index (χ0) is 22.5. The lowest BCUT2D eigenvalue weighted by Gasteiger charge is -2.42. The van der Waals surface area contributed by atoms with E-state index in [0.717, 1.165) is 32.2 Å². The van der Waals surface area contributed by atoms with E-state index in [9.17, 15) is 13.2 Å². The van der Waals surface area contributed by atoms with Crippen LogP contribution in [0.4, 0.5) is 10.6 Å². The fraction of sp³-hybridized carbons (Fsp3) is 0.500. The van der Waals surface area contributed by atoms with E-state index in [-0.39, 0.29) is 16.5 Å². The van der Waals surface area contributed by atoms with Gasteiger partial charge in [0.1, 0.15) is 5.82 Å². The van der Waals surface area contributed by atoms with Crippen molar-refractivity contribution in [2.75, 3.05) is 24.2 Å². The number of aromatic nitrogens is 1. The molecule has 8 heteroatoms. The summed E-state index contributed by atoms with van der Waals surface area (Å²) in [7, 11) is -0.533. The highest BCUT2D eigenvalue weighted by Gasteiger charge is 2.52. The number of carbonyl (C=O) groups is 1. The minimum atomic E-state index is -3.32. The summed E-state index contributed by atoms with van der Waals surface area (Å²) >= 11 is 0. The lowest BCUT2D eigenvalue weighted by molar-refractivity contribution is 0.108. The quantitative estimate of drug-likeness (QED) is 0.623. The summed E-state index contributed by atoms with van der Waals surface area (Å²) in [4.78, 5) is 21.9. The van der Waals surface area contributed by atoms with Gasteiger partial charge in [-0.2, -0.15) is 0 Å². The molecule has 2 aromatic rings. The third-order valence-electron chi connectivity index (χ3n) is 7.35. The lowest BCUT2D eigenvalue weighted by Crippen LogP contribution is -2.50. The summed E-state index contributed by atoms with van der Waals surface area (Å²) in [5.74, 6) is 1.68. The standard InChI is InChI=1S/C24H30N3O3PS/c1-32(29,30)21-7-8-22(25-14-21)26-16-24(27(23(26)28)15-17-5-6-17)11-9-18(10-12-24)19-3-2-4-20(31)13-19/h2-4,7-8,13-14,17-18H,5-6,9-12,15-16,31H2,1H3. The van der Waals surface area contributed by atoms with Gasteiger partial charge in [0.05, 0.1) is 17.0 Å². The van der Waals surface area contributed by atoms with Gasteiger partial charge in [-0.25, -0.2) is 18.2 Å². The Morgan fingerprint density at radius 2 is 1.88 bits per heavy atom. The number of carbonyl (C=O) groups excluding carboxylic acids is 1. The minimum Gasteiger partial charge on any atom is -0.317 e. The molecule has 2 amide bonds. The van der Waals surface area contributed by atoms with Crippen molar-refractivity contribution in [2.45, 2.75) is 54.9 Å². The van der Waals surface area contributed by atoms with Crippen LogP contribution in [0.25, 0.3) is 0 Å². The normalized spacial score (nSPS) is 26.2. The average Bonchev–Trinajstić information content (AvgIpc) is 3.55. The van der Waals surface area contributed by atoms with E-state index in [1.807, 2.05) is 0 Å². The van der Waals surface area contributed by atoms with E-state index in [2.05, 4.69) is 43.4 Å². The first-order valence-electron chi connectivity index (χ1n) is 11.4. The molecule has 6 nitrogen and oxygen atoms in total. The molecule has 0 bridgehead atoms. The highest BCUT2D eigenvalue weighted by Crippen LogP contribution is 2.47. The second kappa shape index (κ2) is 8.11. The first-order valence-corrected chi connectivity index (χ1v) is 13.8. The molecule has 1 unspecified atom stereocenters. The van der Waals surface area contributed by atoms with Crippen LogP contribution in [0.5, 0.6) is 0 Å². The molecule has 32 heavy (non-hydrogen) atoms. The van der Waals surface area contributed by atoms with Crippen molar-refractivity contribution in [1.82, 2.24) is 9.88 Å². The Kier molecular flexibility index (Phi) is 5.53. The summed E-state index contributed by atoms with van der Waals surface area (Å²) in [5.41, 5.74) is 1.23. The van der Waals surface area contributed by atoms with Gasteiger partial charge >= 0.3 is 6.03 Å². The Bertz CT molecular complexity index is 1120. The van der Waals surface area contributed by atoms with Gasteiger partial charge in [-0.05, 0) is 73.4 Å². The van der Waals surface area contributed by atoms with Crippen LogP contribution in [0.1, 0.15) is 50.0 Å². The Labute approximate surface area is 192 Å². The van der Waals surface area contributed by atoms with Crippen LogP contribution in [0.3, 0.4) is 0 Å². The van der Waals surface area contributed by atoms with Crippen LogP contribution in [-0.4, -0.2) is 49.2 Å². The van der Waals surface area contributed by atoms with Crippen molar-refractivity contribution in [3.63, 3.8) is 0 Å². The Balaban J connectivity index is 1.38. The average molecular weight is 472 g/mol. The van der Waals surface area contributed by atoms with Crippen LogP contribution in [-0.2, 0) is 9.84 Å². The number of hydrogen-bond acceptors (Lipinski definition) is 4. The summed E-state index contributed by atoms with van der Waals surface area (Å²) in [5, 5.41) is 1.21. The molecule has 2 aliphatic carbocycles. The molecule has 0 N–H and O–H groups in total. The zero-order valence-electron chi connectivity index (χ0n) is 18.4. The van der Waals surface area contributed by atoms with Crippen LogP contribution in [0.2, 0.25) is 0 Å². The number of urea groups is 1. The summed E-state index contributed by atoms with van der Waals surface area (Å²) in [6, 6.07) is 11.9. The molecular weight excluding hydrogens is 441 g/mol. The van der Waals surface area contributed by atoms with Crippen LogP contribution in [0, 0.1) is 5.92 Å². The van der Waals surface area contributed by atoms with E-state index in [1.165, 1.54) is 36.2 Å². The molecule has 5 rings (SSSR count). The molecule has 1 saturated heterocycles. The number of pyridine rings is 1. The van der Waals surface area contributed by atoms with Gasteiger partial charge in [-0.1, -0.05) is 24.3 Å². The van der Waals surface area contributed by atoms with E-state index >= 15 is 0 Å². The summed E-state index contributed by atoms with van der Waals surface area (Å²) in [6.07, 6.45) is 9.02. The van der Waals surface area contributed by atoms with Crippen molar-refractivity contribution in [2.24, 2.45) is 5.92 Å². The number of hydrogen-bond donors (Lipinski definition) is 0. The van der Waals surface area contributed by atoms with Crippen LogP contribution in [0.15, 0.2) is 47.5 Å². The van der Waals surface area contributed by atoms with Gasteiger partial charge in [-0.3, -0.25) is 4.90 Å². The molecule has 0 radical (unpaired) electrons. The summed E-state index contributed by atoms with van der Waals surface area (Å²) in [6.45, 7) is 1.45. The summed E-state index contributed by atoms with van der Waals surface area (Å²) < 4.78 is 23.6. The number of rotatable bonds is 5. The fourth-order valence-electron chi connectivity index (χ4n) is 5.29. The number of anilines is 1. The maximum Gasteiger partial charge on any atom is 0.326 e. The van der Waals surface area contributed by atoms with E-state index in [4.69, 9.17) is 0 Å². The van der Waals surface area contributed by atoms with Gasteiger partial charge in [0.15, 0.2) is 9.84 Å². The number of amides is 2. The third-order valence-corrected chi connectivity index (χ3v) is 8.81. The molecule has 1 aromatic heterocycles. The molecule has 170 valence electrons. The van der Waals surface area contributed by atoms with Gasteiger partial charge < -0.3 is 4.90 Å². The molecule has 3 fully saturated rings. The monoisotopic (exact) mass is 471 g/mol. The van der Waals surface area contributed by atoms with E-state index in [1.54, 1.807) is 17.0 Å². The Hall–Kier alpha value is -1.98. The molecule has 1 aromatic carbocycles. The van der Waals surface area contributed by atoms with Crippen molar-refractivity contribution in [1.29, 1.82) is 0 Å². The molecule has 1 atom stereocenters. The minimum absolute atomic E-state index is 0.0157. The smallest absolute Gasteiger partial charge is 0.317 e. The molecule has 2 saturated carbocycles. The predicted octanol–water partition coefficient (Wildman–Crippen LogP) is 3.73. The van der Waals surface area contributed by atoms with Crippen molar-refractivity contribution in [3.05, 3.63) is 48.2 Å². The maximum absolute atomic E-state index is 13.5. The first-order chi connectivity index (χ1) is 15.2. The topological polar surface area (TPSA) is 70.6 Å². The van der Waals surface area contributed by atoms with E-state index in [0.29, 0.717) is 24.2 Å². The van der Waals surface area contributed by atoms with Gasteiger partial charge in [0.2, 0.25) is 0 Å². The number of benzene rings is 1. The first kappa shape index (κ1) is 21.8. The number of nitrogens with zero attached hydrogens (tertiary/aromatic N) is 3. The zero-order valence-corrected chi connectivity index (χ0v) is 20.4. The highest BCUT2D eigenvalue weighted by molar-refractivity contribution is 7.90. The molecule has 2 heterocycles. The van der Waals surface area contributed by atoms with Crippen LogP contribution < -0.4 is 10.2 Å². The van der Waals surface area contributed by atoms with Crippen LogP contribution >= 0.6 is 9.24 Å². The second-order valence-corrected chi connectivity index (χ2v) is 12.4. The number of sulfone groups is 1. The van der Waals surface area contributed by atoms with Gasteiger partial charge in [-0.15, -0.1) is 9.24 Å². The lowest BCUT2D eigenvalue weighted by atomic mass is 9.73. The maximum atomic E-state index is 13.5. The highest BCUT2D eigenvalue weighted by atomic mass is 32.2. The van der Waals surface area contributed by atoms with Gasteiger partial charge in [0, 0.05) is 19.0 Å². The van der Waals surface area contributed by atoms with Gasteiger partial charge in [0.25, 0.3) is 0 Å². The molecule has 1 spiro atoms. The molecular formula is C24H30N3O3PS. The SMILES string of the molecule is CS(=O)(=O)c1ccc(N2CC3(CCC(c4cccc(P)c4)CC3)N(CC3CC3)C2=O)nc1. The fourth-order valence-corrected chi connectivity index (χ4v) is 6.15.